The molecule has 0 unspecified atom stereocenters. The molecular weight excluding hydrogens is 1090 g/mol. The van der Waals surface area contributed by atoms with Crippen LogP contribution < -0.4 is 70.8 Å². The first-order chi connectivity index (χ1) is 39.1. The number of aliphatic carboxylic acids is 1. The molecule has 0 aliphatic carbocycles. The summed E-state index contributed by atoms with van der Waals surface area (Å²) in [5.41, 5.74) is 22.7. The standard InChI is InChI=1S/C52H81N17O14/c1-27(2)17-33(46(77)66-35(19-30-11-7-6-8-12-30)44(75)59-23-40(72)63-32(51(82)83)13-9-15-58-52(55)56)64-41(73)24-60-45(76)36(20-31-22-57-26-62-31)67-47(78)34(18-28(3)4)65-48(79)37(21-39(53)71)68-49(80)38-14-10-16-69(38)42(74)25-61-50(81)43(54)29(5)70/h6-8,11-12,22,26-29,32-38,43,70H,9-10,13-21,23-25,54H2,1-5H3,(H2,53,71)(H,57,62)(H,59,75)(H,60,76)(H,61,81)(H,63,72)(H,64,73)(H,65,79)(H,66,77)(H,67,78)(H,68,80)(H,82,83)(H4,55,56,58)/t29-,32+,33+,34+,35+,36+,37+,38+,43+/m1/s1. The van der Waals surface area contributed by atoms with E-state index in [0.717, 1.165) is 0 Å². The molecule has 0 saturated carbocycles. The van der Waals surface area contributed by atoms with Crippen molar-refractivity contribution in [3.8, 4) is 0 Å². The van der Waals surface area contributed by atoms with Crippen LogP contribution in [0.4, 0.5) is 0 Å². The van der Waals surface area contributed by atoms with Crippen LogP contribution >= 0.6 is 0 Å². The van der Waals surface area contributed by atoms with Crippen molar-refractivity contribution >= 4 is 76.9 Å². The van der Waals surface area contributed by atoms with E-state index in [1.165, 1.54) is 24.3 Å². The summed E-state index contributed by atoms with van der Waals surface area (Å²) in [5.74, 6) is -11.3. The fraction of sp³-hybridized carbons (Fsp3) is 0.577. The summed E-state index contributed by atoms with van der Waals surface area (Å²) in [6.07, 6.45) is 1.28. The molecule has 0 bridgehead atoms. The molecule has 1 aliphatic heterocycles. The van der Waals surface area contributed by atoms with E-state index in [2.05, 4.69) is 62.8 Å². The molecule has 1 saturated heterocycles. The van der Waals surface area contributed by atoms with Crippen molar-refractivity contribution in [3.63, 3.8) is 0 Å². The average molecular weight is 1170 g/mol. The molecule has 31 heteroatoms. The number of carbonyl (C=O) groups is 12. The number of aromatic amines is 1. The van der Waals surface area contributed by atoms with Crippen molar-refractivity contribution in [1.82, 2.24) is 62.7 Å². The maximum absolute atomic E-state index is 14.1. The Morgan fingerprint density at radius 3 is 1.72 bits per heavy atom. The largest absolute Gasteiger partial charge is 0.480 e. The van der Waals surface area contributed by atoms with E-state index in [1.54, 1.807) is 58.0 Å². The van der Waals surface area contributed by atoms with E-state index in [-0.39, 0.29) is 75.8 Å². The van der Waals surface area contributed by atoms with Crippen LogP contribution in [-0.4, -0.2) is 189 Å². The minimum Gasteiger partial charge on any atom is -0.480 e. The zero-order valence-electron chi connectivity index (χ0n) is 47.2. The van der Waals surface area contributed by atoms with Crippen molar-refractivity contribution in [2.75, 3.05) is 32.7 Å². The Balaban J connectivity index is 1.74. The van der Waals surface area contributed by atoms with Crippen LogP contribution in [0, 0.1) is 11.8 Å². The highest BCUT2D eigenvalue weighted by Gasteiger charge is 2.38. The van der Waals surface area contributed by atoms with Gasteiger partial charge in [-0.2, -0.15) is 0 Å². The Bertz CT molecular complexity index is 2580. The van der Waals surface area contributed by atoms with Gasteiger partial charge in [-0.05, 0) is 62.8 Å². The van der Waals surface area contributed by atoms with Crippen LogP contribution in [0.15, 0.2) is 47.8 Å². The summed E-state index contributed by atoms with van der Waals surface area (Å²) in [6, 6.07) is -2.23. The van der Waals surface area contributed by atoms with E-state index in [9.17, 15) is 67.7 Å². The number of imidazole rings is 1. The second-order valence-corrected chi connectivity index (χ2v) is 20.8. The molecular formula is C52H81N17O14. The number of likely N-dealkylation sites (tertiary alicyclic amines) is 1. The minimum absolute atomic E-state index is 0.0210. The molecule has 1 aromatic carbocycles. The second-order valence-electron chi connectivity index (χ2n) is 20.8. The Kier molecular flexibility index (Phi) is 28.5. The topological polar surface area (TPSA) is 502 Å². The van der Waals surface area contributed by atoms with Crippen molar-refractivity contribution in [1.29, 1.82) is 0 Å². The highest BCUT2D eigenvalue weighted by atomic mass is 16.4. The number of aliphatic hydroxyl groups excluding tert-OH is 1. The van der Waals surface area contributed by atoms with Gasteiger partial charge in [-0.25, -0.2) is 9.78 Å². The number of benzene rings is 1. The molecule has 0 radical (unpaired) electrons. The van der Waals surface area contributed by atoms with E-state index in [4.69, 9.17) is 22.9 Å². The number of rotatable bonds is 35. The van der Waals surface area contributed by atoms with Gasteiger partial charge in [0.05, 0.1) is 38.5 Å². The van der Waals surface area contributed by atoms with Crippen LogP contribution in [0.25, 0.3) is 0 Å². The first-order valence-corrected chi connectivity index (χ1v) is 27.1. The first kappa shape index (κ1) is 68.5. The van der Waals surface area contributed by atoms with Gasteiger partial charge in [0.2, 0.25) is 65.0 Å². The number of nitrogens with one attached hydrogen (secondary N) is 10. The lowest BCUT2D eigenvalue weighted by molar-refractivity contribution is -0.142. The van der Waals surface area contributed by atoms with Gasteiger partial charge >= 0.3 is 5.97 Å². The molecule has 83 heavy (non-hydrogen) atoms. The van der Waals surface area contributed by atoms with Crippen molar-refractivity contribution in [2.24, 2.45) is 39.8 Å². The number of carboxylic acids is 1. The molecule has 2 aromatic rings. The molecule has 458 valence electrons. The Morgan fingerprint density at radius 2 is 1.20 bits per heavy atom. The lowest BCUT2D eigenvalue weighted by atomic mass is 10.0. The third-order valence-electron chi connectivity index (χ3n) is 12.8. The van der Waals surface area contributed by atoms with E-state index < -0.39 is 151 Å². The smallest absolute Gasteiger partial charge is 0.326 e. The lowest BCUT2D eigenvalue weighted by Gasteiger charge is -2.28. The number of H-pyrrole nitrogens is 1. The van der Waals surface area contributed by atoms with Gasteiger partial charge in [-0.15, -0.1) is 0 Å². The number of amides is 11. The maximum Gasteiger partial charge on any atom is 0.326 e. The quantitative estimate of drug-likeness (QED) is 0.0174. The number of aliphatic hydroxyl groups is 1. The van der Waals surface area contributed by atoms with Crippen LogP contribution in [0.5, 0.6) is 0 Å². The molecule has 3 rings (SSSR count). The first-order valence-electron chi connectivity index (χ1n) is 27.1. The second kappa shape index (κ2) is 34.5. The van der Waals surface area contributed by atoms with Gasteiger partial charge in [0.25, 0.3) is 0 Å². The van der Waals surface area contributed by atoms with Crippen molar-refractivity contribution in [2.45, 2.75) is 147 Å². The number of hydrogen-bond donors (Lipinski definition) is 16. The molecule has 20 N–H and O–H groups in total. The number of aliphatic imine (C=N–C) groups is 1. The number of hydrogen-bond acceptors (Lipinski definition) is 16. The van der Waals surface area contributed by atoms with Gasteiger partial charge in [0, 0.05) is 37.8 Å². The highest BCUT2D eigenvalue weighted by Crippen LogP contribution is 2.18. The molecule has 0 spiro atoms. The number of nitrogens with zero attached hydrogens (tertiary/aromatic N) is 3. The fourth-order valence-corrected chi connectivity index (χ4v) is 8.56. The predicted molar refractivity (Wildman–Crippen MR) is 298 cm³/mol. The molecule has 2 heterocycles. The SMILES string of the molecule is CC(C)C[C@H](NC(=O)CNC(=O)[C@H](Cc1cnc[nH]1)NC(=O)[C@H](CC(C)C)NC(=O)[C@H](CC(N)=O)NC(=O)[C@@H]1CCCN1C(=O)CNC(=O)[C@@H](N)[C@@H](C)O)C(=O)N[C@@H](Cc1ccccc1)C(=O)NCC(=O)N[C@@H](CCCN=C(N)N)C(=O)O. The van der Waals surface area contributed by atoms with Crippen LogP contribution in [0.3, 0.4) is 0 Å². The molecule has 9 atom stereocenters. The van der Waals surface area contributed by atoms with Gasteiger partial charge < -0.3 is 90.9 Å². The summed E-state index contributed by atoms with van der Waals surface area (Å²) in [6.45, 7) is 6.63. The van der Waals surface area contributed by atoms with Crippen molar-refractivity contribution < 1.29 is 67.7 Å². The van der Waals surface area contributed by atoms with Crippen LogP contribution in [-0.2, 0) is 70.4 Å². The average Bonchev–Trinajstić information content (AvgIpc) is 4.23. The fourth-order valence-electron chi connectivity index (χ4n) is 8.56. The van der Waals surface area contributed by atoms with E-state index in [0.29, 0.717) is 17.7 Å². The van der Waals surface area contributed by atoms with Crippen molar-refractivity contribution in [3.05, 3.63) is 54.1 Å². The number of carboxylic acid groups (broad SMARTS) is 1. The van der Waals surface area contributed by atoms with E-state index >= 15 is 0 Å². The summed E-state index contributed by atoms with van der Waals surface area (Å²) in [4.78, 5) is 171. The summed E-state index contributed by atoms with van der Waals surface area (Å²) in [7, 11) is 0. The summed E-state index contributed by atoms with van der Waals surface area (Å²) < 4.78 is 0. The van der Waals surface area contributed by atoms with Gasteiger partial charge in [-0.3, -0.25) is 57.7 Å². The predicted octanol–water partition coefficient (Wildman–Crippen LogP) is -5.74. The normalized spacial score (nSPS) is 15.8. The number of carbonyl (C=O) groups excluding carboxylic acids is 11. The molecule has 31 nitrogen and oxygen atoms in total. The monoisotopic (exact) mass is 1170 g/mol. The molecule has 11 amide bonds. The summed E-state index contributed by atoms with van der Waals surface area (Å²) in [5, 5.41) is 41.6. The number of primary amides is 1. The zero-order chi connectivity index (χ0) is 61.9. The van der Waals surface area contributed by atoms with Gasteiger partial charge in [-0.1, -0.05) is 58.0 Å². The highest BCUT2D eigenvalue weighted by molar-refractivity contribution is 5.99. The van der Waals surface area contributed by atoms with Gasteiger partial charge in [0.15, 0.2) is 5.96 Å². The van der Waals surface area contributed by atoms with Gasteiger partial charge in [0.1, 0.15) is 48.3 Å². The van der Waals surface area contributed by atoms with Crippen LogP contribution in [0.1, 0.15) is 90.8 Å². The third kappa shape index (κ3) is 24.9. The maximum atomic E-state index is 14.1. The number of nitrogens with two attached hydrogens (primary N) is 4. The molecule has 1 aliphatic rings. The summed E-state index contributed by atoms with van der Waals surface area (Å²) >= 11 is 0. The molecule has 1 fully saturated rings. The van der Waals surface area contributed by atoms with Crippen LogP contribution in [0.2, 0.25) is 0 Å². The Hall–Kier alpha value is -8.74. The Morgan fingerprint density at radius 1 is 0.675 bits per heavy atom. The van der Waals surface area contributed by atoms with E-state index in [1.807, 2.05) is 0 Å². The number of guanidine groups is 1. The minimum atomic E-state index is -1.64. The molecule has 1 aromatic heterocycles. The lowest BCUT2D eigenvalue weighted by Crippen LogP contribution is -2.59. The third-order valence-corrected chi connectivity index (χ3v) is 12.8. The zero-order valence-corrected chi connectivity index (χ0v) is 47.2. The Labute approximate surface area is 479 Å². The number of aromatic nitrogens is 2.